The van der Waals surface area contributed by atoms with Gasteiger partial charge in [0.2, 0.25) is 0 Å². The Bertz CT molecular complexity index is 1700. The maximum absolute atomic E-state index is 5.01. The first kappa shape index (κ1) is 24.1. The molecule has 6 aromatic rings. The summed E-state index contributed by atoms with van der Waals surface area (Å²) in [6, 6.07) is 48.8. The van der Waals surface area contributed by atoms with Crippen LogP contribution < -0.4 is 4.90 Å². The number of aromatic nitrogens is 2. The first-order valence-electron chi connectivity index (χ1n) is 13.7. The minimum atomic E-state index is -0.0771. The number of para-hydroxylation sites is 2. The van der Waals surface area contributed by atoms with Crippen LogP contribution in [0.3, 0.4) is 0 Å². The van der Waals surface area contributed by atoms with E-state index in [1.807, 2.05) is 36.4 Å². The van der Waals surface area contributed by atoms with E-state index in [-0.39, 0.29) is 5.41 Å². The Hall–Kier alpha value is -5.02. The van der Waals surface area contributed by atoms with Crippen molar-refractivity contribution in [3.8, 4) is 33.9 Å². The average molecular weight is 516 g/mol. The van der Waals surface area contributed by atoms with Gasteiger partial charge in [0.15, 0.2) is 5.82 Å². The Morgan fingerprint density at radius 3 is 1.48 bits per heavy atom. The Balaban J connectivity index is 1.34. The number of benzene rings is 5. The molecular formula is C37H29N3. The average Bonchev–Trinajstić information content (AvgIpc) is 3.02. The van der Waals surface area contributed by atoms with Crippen molar-refractivity contribution in [2.24, 2.45) is 0 Å². The molecule has 0 radical (unpaired) electrons. The van der Waals surface area contributed by atoms with Crippen molar-refractivity contribution >= 4 is 17.1 Å². The molecule has 3 heteroatoms. The molecule has 5 aromatic carbocycles. The Morgan fingerprint density at radius 1 is 0.475 bits per heavy atom. The van der Waals surface area contributed by atoms with E-state index < -0.39 is 0 Å². The highest BCUT2D eigenvalue weighted by Crippen LogP contribution is 2.51. The number of anilines is 3. The normalized spacial score (nSPS) is 13.4. The highest BCUT2D eigenvalue weighted by atomic mass is 15.2. The molecule has 40 heavy (non-hydrogen) atoms. The molecule has 0 saturated heterocycles. The zero-order valence-electron chi connectivity index (χ0n) is 22.6. The van der Waals surface area contributed by atoms with Crippen molar-refractivity contribution < 1.29 is 0 Å². The Morgan fingerprint density at radius 2 is 0.925 bits per heavy atom. The molecule has 3 nitrogen and oxygen atoms in total. The van der Waals surface area contributed by atoms with Crippen molar-refractivity contribution in [1.29, 1.82) is 0 Å². The molecule has 0 fully saturated rings. The van der Waals surface area contributed by atoms with Crippen molar-refractivity contribution in [2.75, 3.05) is 4.90 Å². The largest absolute Gasteiger partial charge is 0.310 e. The Labute approximate surface area is 235 Å². The number of rotatable bonds is 4. The van der Waals surface area contributed by atoms with Crippen molar-refractivity contribution in [3.05, 3.63) is 151 Å². The van der Waals surface area contributed by atoms with Gasteiger partial charge in [0.25, 0.3) is 0 Å². The van der Waals surface area contributed by atoms with E-state index >= 15 is 0 Å². The van der Waals surface area contributed by atoms with Gasteiger partial charge in [-0.1, -0.05) is 123 Å². The minimum Gasteiger partial charge on any atom is -0.310 e. The third-order valence-electron chi connectivity index (χ3n) is 7.89. The van der Waals surface area contributed by atoms with Gasteiger partial charge < -0.3 is 4.90 Å². The van der Waals surface area contributed by atoms with E-state index in [2.05, 4.69) is 122 Å². The fourth-order valence-corrected chi connectivity index (χ4v) is 5.80. The summed E-state index contributed by atoms with van der Waals surface area (Å²) in [5, 5.41) is 0. The highest BCUT2D eigenvalue weighted by Gasteiger charge is 2.36. The number of nitrogens with zero attached hydrogens (tertiary/aromatic N) is 3. The lowest BCUT2D eigenvalue weighted by Gasteiger charge is -2.42. The van der Waals surface area contributed by atoms with Gasteiger partial charge in [-0.15, -0.1) is 0 Å². The molecule has 0 bridgehead atoms. The number of hydrogen-bond donors (Lipinski definition) is 0. The van der Waals surface area contributed by atoms with Crippen LogP contribution in [0.2, 0.25) is 0 Å². The third-order valence-corrected chi connectivity index (χ3v) is 7.89. The minimum absolute atomic E-state index is 0.0771. The number of hydrogen-bond acceptors (Lipinski definition) is 3. The molecule has 2 heterocycles. The summed E-state index contributed by atoms with van der Waals surface area (Å²) < 4.78 is 0. The maximum Gasteiger partial charge on any atom is 0.160 e. The van der Waals surface area contributed by atoms with Crippen molar-refractivity contribution in [2.45, 2.75) is 19.3 Å². The fourth-order valence-electron chi connectivity index (χ4n) is 5.80. The quantitative estimate of drug-likeness (QED) is 0.234. The predicted octanol–water partition coefficient (Wildman–Crippen LogP) is 9.59. The van der Waals surface area contributed by atoms with Gasteiger partial charge in [0, 0.05) is 27.8 Å². The number of fused-ring (bicyclic) bond motifs is 2. The van der Waals surface area contributed by atoms with Gasteiger partial charge in [0.1, 0.15) is 0 Å². The summed E-state index contributed by atoms with van der Waals surface area (Å²) in [4.78, 5) is 12.3. The van der Waals surface area contributed by atoms with Crippen LogP contribution in [0.25, 0.3) is 33.9 Å². The highest BCUT2D eigenvalue weighted by molar-refractivity contribution is 5.86. The van der Waals surface area contributed by atoms with Crippen LogP contribution in [0.15, 0.2) is 140 Å². The van der Waals surface area contributed by atoms with Crippen LogP contribution in [0, 0.1) is 0 Å². The van der Waals surface area contributed by atoms with Crippen LogP contribution in [-0.4, -0.2) is 9.97 Å². The second-order valence-electron chi connectivity index (χ2n) is 10.7. The van der Waals surface area contributed by atoms with E-state index in [0.29, 0.717) is 0 Å². The molecule has 1 aliphatic rings. The molecule has 0 N–H and O–H groups in total. The summed E-state index contributed by atoms with van der Waals surface area (Å²) in [6.45, 7) is 4.63. The summed E-state index contributed by atoms with van der Waals surface area (Å²) in [5.41, 5.74) is 11.1. The molecular weight excluding hydrogens is 486 g/mol. The molecule has 0 aliphatic carbocycles. The first-order valence-corrected chi connectivity index (χ1v) is 13.7. The lowest BCUT2D eigenvalue weighted by molar-refractivity contribution is 0.632. The summed E-state index contributed by atoms with van der Waals surface area (Å²) in [6.07, 6.45) is 0. The topological polar surface area (TPSA) is 29.0 Å². The van der Waals surface area contributed by atoms with Gasteiger partial charge in [-0.05, 0) is 41.5 Å². The molecule has 192 valence electrons. The Kier molecular flexibility index (Phi) is 5.78. The van der Waals surface area contributed by atoms with Gasteiger partial charge >= 0.3 is 0 Å². The first-order chi connectivity index (χ1) is 19.6. The molecule has 0 atom stereocenters. The van der Waals surface area contributed by atoms with E-state index in [4.69, 9.17) is 9.97 Å². The lowest BCUT2D eigenvalue weighted by atomic mass is 9.73. The molecule has 1 aliphatic heterocycles. The fraction of sp³-hybridized carbons (Fsp3) is 0.0811. The molecule has 0 unspecified atom stereocenters. The smallest absolute Gasteiger partial charge is 0.160 e. The summed E-state index contributed by atoms with van der Waals surface area (Å²) in [7, 11) is 0. The zero-order valence-corrected chi connectivity index (χ0v) is 22.6. The molecule has 7 rings (SSSR count). The predicted molar refractivity (Wildman–Crippen MR) is 165 cm³/mol. The lowest BCUT2D eigenvalue weighted by Crippen LogP contribution is -2.30. The molecule has 0 amide bonds. The molecule has 1 aromatic heterocycles. The SMILES string of the molecule is CC1(C)c2ccccc2N(c2ccc(-c3cc(-c4ccccc4)nc(-c4ccccc4)n3)cc2)c2ccccc21. The van der Waals surface area contributed by atoms with Gasteiger partial charge in [-0.2, -0.15) is 0 Å². The van der Waals surface area contributed by atoms with Crippen molar-refractivity contribution in [3.63, 3.8) is 0 Å². The van der Waals surface area contributed by atoms with Gasteiger partial charge in [-0.3, -0.25) is 0 Å². The van der Waals surface area contributed by atoms with Crippen LogP contribution in [0.1, 0.15) is 25.0 Å². The van der Waals surface area contributed by atoms with Crippen molar-refractivity contribution in [1.82, 2.24) is 9.97 Å². The van der Waals surface area contributed by atoms with E-state index in [9.17, 15) is 0 Å². The van der Waals surface area contributed by atoms with E-state index in [0.717, 1.165) is 39.6 Å². The maximum atomic E-state index is 5.01. The van der Waals surface area contributed by atoms with Gasteiger partial charge in [-0.25, -0.2) is 9.97 Å². The van der Waals surface area contributed by atoms with E-state index in [1.165, 1.54) is 22.5 Å². The summed E-state index contributed by atoms with van der Waals surface area (Å²) in [5.74, 6) is 0.724. The second kappa shape index (κ2) is 9.62. The van der Waals surface area contributed by atoms with Gasteiger partial charge in [0.05, 0.1) is 22.8 Å². The third kappa shape index (κ3) is 4.07. The van der Waals surface area contributed by atoms with Crippen LogP contribution in [-0.2, 0) is 5.41 Å². The molecule has 0 saturated carbocycles. The van der Waals surface area contributed by atoms with Crippen LogP contribution in [0.5, 0.6) is 0 Å². The second-order valence-corrected chi connectivity index (χ2v) is 10.7. The van der Waals surface area contributed by atoms with Crippen LogP contribution >= 0.6 is 0 Å². The van der Waals surface area contributed by atoms with E-state index in [1.54, 1.807) is 0 Å². The summed E-state index contributed by atoms with van der Waals surface area (Å²) >= 11 is 0. The van der Waals surface area contributed by atoms with Crippen LogP contribution in [0.4, 0.5) is 17.1 Å². The molecule has 0 spiro atoms. The monoisotopic (exact) mass is 515 g/mol. The standard InChI is InChI=1S/C37H29N3/c1-37(2)30-17-9-11-19-34(30)40(35-20-12-10-18-31(35)37)29-23-21-27(22-24-29)33-25-32(26-13-5-3-6-14-26)38-36(39-33)28-15-7-4-8-16-28/h3-25H,1-2H3. The zero-order chi connectivity index (χ0) is 27.1.